The smallest absolute Gasteiger partial charge is 0.241 e. The van der Waals surface area contributed by atoms with Crippen LogP contribution in [0.4, 0.5) is 11.5 Å². The SMILES string of the molecule is Cc1cccc(NC(=O)CN(C)C(C)C(=O)Nc2ccc(S(=O)(=O)NC(C)C)cc2)n1. The van der Waals surface area contributed by atoms with Crippen molar-refractivity contribution in [3.05, 3.63) is 48.2 Å². The van der Waals surface area contributed by atoms with E-state index in [4.69, 9.17) is 0 Å². The molecule has 0 aliphatic carbocycles. The van der Waals surface area contributed by atoms with Crippen molar-refractivity contribution >= 4 is 33.3 Å². The van der Waals surface area contributed by atoms with Gasteiger partial charge >= 0.3 is 0 Å². The Hall–Kier alpha value is -2.82. The number of amides is 2. The minimum atomic E-state index is -3.60. The summed E-state index contributed by atoms with van der Waals surface area (Å²) in [6.07, 6.45) is 0. The highest BCUT2D eigenvalue weighted by Crippen LogP contribution is 2.15. The zero-order valence-corrected chi connectivity index (χ0v) is 19.2. The molecule has 0 bridgehead atoms. The minimum absolute atomic E-state index is 0.00224. The minimum Gasteiger partial charge on any atom is -0.325 e. The Morgan fingerprint density at radius 2 is 1.68 bits per heavy atom. The molecule has 31 heavy (non-hydrogen) atoms. The zero-order chi connectivity index (χ0) is 23.2. The lowest BCUT2D eigenvalue weighted by atomic mass is 10.2. The first kappa shape index (κ1) is 24.4. The number of benzene rings is 1. The first-order valence-electron chi connectivity index (χ1n) is 9.85. The highest BCUT2D eigenvalue weighted by Gasteiger charge is 2.21. The Labute approximate surface area is 183 Å². The second-order valence-corrected chi connectivity index (χ2v) is 9.31. The van der Waals surface area contributed by atoms with E-state index in [9.17, 15) is 18.0 Å². The van der Waals surface area contributed by atoms with Crippen molar-refractivity contribution in [1.82, 2.24) is 14.6 Å². The van der Waals surface area contributed by atoms with Crippen LogP contribution in [0.15, 0.2) is 47.4 Å². The van der Waals surface area contributed by atoms with E-state index in [-0.39, 0.29) is 29.3 Å². The molecule has 0 saturated carbocycles. The first-order valence-corrected chi connectivity index (χ1v) is 11.3. The number of hydrogen-bond acceptors (Lipinski definition) is 6. The quantitative estimate of drug-likeness (QED) is 0.541. The van der Waals surface area contributed by atoms with E-state index in [1.807, 2.05) is 13.0 Å². The molecule has 1 heterocycles. The lowest BCUT2D eigenvalue weighted by Gasteiger charge is -2.23. The van der Waals surface area contributed by atoms with E-state index in [1.165, 1.54) is 24.3 Å². The highest BCUT2D eigenvalue weighted by molar-refractivity contribution is 7.89. The van der Waals surface area contributed by atoms with Crippen LogP contribution in [0, 0.1) is 6.92 Å². The molecule has 2 aromatic rings. The van der Waals surface area contributed by atoms with Gasteiger partial charge in [0.2, 0.25) is 21.8 Å². The van der Waals surface area contributed by atoms with Crippen molar-refractivity contribution in [2.75, 3.05) is 24.2 Å². The average Bonchev–Trinajstić information content (AvgIpc) is 2.66. The predicted octanol–water partition coefficient (Wildman–Crippen LogP) is 1.97. The standard InChI is InChI=1S/C21H29N5O4S/c1-14(2)25-31(29,30)18-11-9-17(10-12-18)23-21(28)16(4)26(5)13-20(27)24-19-8-6-7-15(3)22-19/h6-12,14,16,25H,13H2,1-5H3,(H,23,28)(H,22,24,27). The van der Waals surface area contributed by atoms with Crippen molar-refractivity contribution in [2.24, 2.45) is 0 Å². The summed E-state index contributed by atoms with van der Waals surface area (Å²) in [6.45, 7) is 6.99. The maximum atomic E-state index is 12.5. The summed E-state index contributed by atoms with van der Waals surface area (Å²) in [7, 11) is -1.93. The molecule has 0 saturated heterocycles. The molecule has 0 aliphatic heterocycles. The largest absolute Gasteiger partial charge is 0.325 e. The molecule has 1 aromatic carbocycles. The van der Waals surface area contributed by atoms with E-state index in [1.54, 1.807) is 44.9 Å². The Kier molecular flexibility index (Phi) is 8.26. The third-order valence-corrected chi connectivity index (χ3v) is 6.09. The number of hydrogen-bond donors (Lipinski definition) is 3. The van der Waals surface area contributed by atoms with Gasteiger partial charge in [0, 0.05) is 17.4 Å². The third kappa shape index (κ3) is 7.42. The van der Waals surface area contributed by atoms with Crippen LogP contribution in [0.3, 0.4) is 0 Å². The van der Waals surface area contributed by atoms with Gasteiger partial charge in [-0.3, -0.25) is 14.5 Å². The van der Waals surface area contributed by atoms with Crippen LogP contribution in [0.25, 0.3) is 0 Å². The van der Waals surface area contributed by atoms with Crippen LogP contribution in [0.1, 0.15) is 26.5 Å². The highest BCUT2D eigenvalue weighted by atomic mass is 32.2. The molecular formula is C21H29N5O4S. The summed E-state index contributed by atoms with van der Waals surface area (Å²) < 4.78 is 26.9. The molecule has 1 aromatic heterocycles. The van der Waals surface area contributed by atoms with Gasteiger partial charge in [-0.15, -0.1) is 0 Å². The summed E-state index contributed by atoms with van der Waals surface area (Å²) in [5.74, 6) is -0.148. The number of sulfonamides is 1. The molecule has 0 radical (unpaired) electrons. The topological polar surface area (TPSA) is 121 Å². The number of aryl methyl sites for hydroxylation is 1. The average molecular weight is 448 g/mol. The lowest BCUT2D eigenvalue weighted by Crippen LogP contribution is -2.43. The Morgan fingerprint density at radius 3 is 2.26 bits per heavy atom. The molecule has 0 spiro atoms. The molecule has 10 heteroatoms. The molecular weight excluding hydrogens is 418 g/mol. The van der Waals surface area contributed by atoms with Gasteiger partial charge in [0.1, 0.15) is 5.82 Å². The Bertz CT molecular complexity index is 1020. The number of rotatable bonds is 9. The second-order valence-electron chi connectivity index (χ2n) is 7.59. The number of nitrogens with zero attached hydrogens (tertiary/aromatic N) is 2. The van der Waals surface area contributed by atoms with Crippen LogP contribution < -0.4 is 15.4 Å². The van der Waals surface area contributed by atoms with Crippen LogP contribution in [0.2, 0.25) is 0 Å². The van der Waals surface area contributed by atoms with Gasteiger partial charge in [0.25, 0.3) is 0 Å². The Morgan fingerprint density at radius 1 is 1.03 bits per heavy atom. The number of carbonyl (C=O) groups is 2. The second kappa shape index (κ2) is 10.5. The summed E-state index contributed by atoms with van der Waals surface area (Å²) in [5.41, 5.74) is 1.25. The van der Waals surface area contributed by atoms with Crippen LogP contribution in [-0.2, 0) is 19.6 Å². The summed E-state index contributed by atoms with van der Waals surface area (Å²) in [6, 6.07) is 10.4. The van der Waals surface area contributed by atoms with Crippen molar-refractivity contribution in [3.8, 4) is 0 Å². The van der Waals surface area contributed by atoms with E-state index in [2.05, 4.69) is 20.3 Å². The molecule has 9 nitrogen and oxygen atoms in total. The van der Waals surface area contributed by atoms with Gasteiger partial charge in [-0.05, 0) is 71.1 Å². The summed E-state index contributed by atoms with van der Waals surface area (Å²) in [4.78, 5) is 30.7. The van der Waals surface area contributed by atoms with Crippen LogP contribution in [0.5, 0.6) is 0 Å². The molecule has 2 rings (SSSR count). The molecule has 2 amide bonds. The molecule has 0 aliphatic rings. The van der Waals surface area contributed by atoms with Crippen molar-refractivity contribution < 1.29 is 18.0 Å². The number of anilines is 2. The fourth-order valence-corrected chi connectivity index (χ4v) is 3.95. The molecule has 168 valence electrons. The first-order chi connectivity index (χ1) is 14.5. The number of likely N-dealkylation sites (N-methyl/N-ethyl adjacent to an activating group) is 1. The van der Waals surface area contributed by atoms with Crippen LogP contribution >= 0.6 is 0 Å². The number of aromatic nitrogens is 1. The number of nitrogens with one attached hydrogen (secondary N) is 3. The molecule has 1 atom stereocenters. The molecule has 3 N–H and O–H groups in total. The molecule has 1 unspecified atom stereocenters. The van der Waals surface area contributed by atoms with E-state index < -0.39 is 16.1 Å². The van der Waals surface area contributed by atoms with Gasteiger partial charge in [0.05, 0.1) is 17.5 Å². The van der Waals surface area contributed by atoms with Gasteiger partial charge in [-0.2, -0.15) is 0 Å². The van der Waals surface area contributed by atoms with Crippen molar-refractivity contribution in [3.63, 3.8) is 0 Å². The maximum Gasteiger partial charge on any atom is 0.241 e. The predicted molar refractivity (Wildman–Crippen MR) is 120 cm³/mol. The normalized spacial score (nSPS) is 12.6. The fraction of sp³-hybridized carbons (Fsp3) is 0.381. The van der Waals surface area contributed by atoms with E-state index >= 15 is 0 Å². The van der Waals surface area contributed by atoms with Crippen molar-refractivity contribution in [2.45, 2.75) is 44.7 Å². The summed E-state index contributed by atoms with van der Waals surface area (Å²) in [5, 5.41) is 5.44. The fourth-order valence-electron chi connectivity index (χ4n) is 2.70. The van der Waals surface area contributed by atoms with E-state index in [0.29, 0.717) is 11.5 Å². The van der Waals surface area contributed by atoms with Gasteiger partial charge in [-0.1, -0.05) is 6.07 Å². The van der Waals surface area contributed by atoms with E-state index in [0.717, 1.165) is 5.69 Å². The number of carbonyl (C=O) groups excluding carboxylic acids is 2. The lowest BCUT2D eigenvalue weighted by molar-refractivity contribution is -0.122. The third-order valence-electron chi connectivity index (χ3n) is 4.41. The number of pyridine rings is 1. The monoisotopic (exact) mass is 447 g/mol. The Balaban J connectivity index is 1.93. The van der Waals surface area contributed by atoms with Gasteiger partial charge in [0.15, 0.2) is 0 Å². The van der Waals surface area contributed by atoms with Crippen LogP contribution in [-0.4, -0.2) is 55.8 Å². The van der Waals surface area contributed by atoms with Gasteiger partial charge < -0.3 is 10.6 Å². The van der Waals surface area contributed by atoms with Crippen molar-refractivity contribution in [1.29, 1.82) is 0 Å². The van der Waals surface area contributed by atoms with Gasteiger partial charge in [-0.25, -0.2) is 18.1 Å². The zero-order valence-electron chi connectivity index (χ0n) is 18.3. The molecule has 0 fully saturated rings. The maximum absolute atomic E-state index is 12.5. The summed E-state index contributed by atoms with van der Waals surface area (Å²) >= 11 is 0.